The van der Waals surface area contributed by atoms with Crippen molar-refractivity contribution in [3.63, 3.8) is 0 Å². The van der Waals surface area contributed by atoms with Gasteiger partial charge in [-0.15, -0.1) is 0 Å². The Bertz CT molecular complexity index is 641. The summed E-state index contributed by atoms with van der Waals surface area (Å²) < 4.78 is 1.00. The van der Waals surface area contributed by atoms with Crippen molar-refractivity contribution in [3.05, 3.63) is 59.1 Å². The third kappa shape index (κ3) is 1.53. The molecule has 0 aliphatic rings. The molecule has 3 rings (SSSR count). The van der Waals surface area contributed by atoms with Gasteiger partial charge in [0.15, 0.2) is 0 Å². The van der Waals surface area contributed by atoms with Gasteiger partial charge in [0.25, 0.3) is 0 Å². The quantitative estimate of drug-likeness (QED) is 0.517. The Labute approximate surface area is 96.7 Å². The van der Waals surface area contributed by atoms with E-state index in [4.69, 9.17) is 0 Å². The van der Waals surface area contributed by atoms with Gasteiger partial charge in [-0.25, -0.2) is 0 Å². The number of hydrogen-bond donors (Lipinski definition) is 0. The van der Waals surface area contributed by atoms with Gasteiger partial charge in [0.2, 0.25) is 0 Å². The topological polar surface area (TPSA) is 0 Å². The molecule has 0 unspecified atom stereocenters. The van der Waals surface area contributed by atoms with Crippen molar-refractivity contribution >= 4 is 37.5 Å². The molecule has 1 heteroatoms. The van der Waals surface area contributed by atoms with Crippen LogP contribution in [0.5, 0.6) is 0 Å². The minimum Gasteiger partial charge on any atom is -0.0616 e. The molecular formula is C14H8Br. The molecule has 1 radical (unpaired) electrons. The Morgan fingerprint density at radius 3 is 2.33 bits per heavy atom. The van der Waals surface area contributed by atoms with Crippen molar-refractivity contribution < 1.29 is 0 Å². The second-order valence-electron chi connectivity index (χ2n) is 3.59. The molecule has 0 atom stereocenters. The van der Waals surface area contributed by atoms with Crippen molar-refractivity contribution in [2.75, 3.05) is 0 Å². The molecular weight excluding hydrogens is 248 g/mol. The molecule has 0 heterocycles. The molecule has 0 N–H and O–H groups in total. The highest BCUT2D eigenvalue weighted by atomic mass is 79.9. The predicted octanol–water partition coefficient (Wildman–Crippen LogP) is 4.56. The fourth-order valence-electron chi connectivity index (χ4n) is 1.84. The second-order valence-corrected chi connectivity index (χ2v) is 4.45. The molecule has 0 bridgehead atoms. The van der Waals surface area contributed by atoms with E-state index in [0.29, 0.717) is 0 Å². The number of halogens is 1. The number of rotatable bonds is 0. The van der Waals surface area contributed by atoms with E-state index in [1.54, 1.807) is 0 Å². The van der Waals surface area contributed by atoms with Crippen LogP contribution in [0, 0.1) is 6.07 Å². The highest BCUT2D eigenvalue weighted by molar-refractivity contribution is 9.10. The molecule has 0 fully saturated rings. The van der Waals surface area contributed by atoms with Gasteiger partial charge < -0.3 is 0 Å². The lowest BCUT2D eigenvalue weighted by molar-refractivity contribution is 1.71. The van der Waals surface area contributed by atoms with Crippen LogP contribution in [-0.2, 0) is 0 Å². The van der Waals surface area contributed by atoms with Crippen LogP contribution >= 0.6 is 15.9 Å². The van der Waals surface area contributed by atoms with Gasteiger partial charge in [0.1, 0.15) is 0 Å². The number of benzene rings is 3. The largest absolute Gasteiger partial charge is 0.0616 e. The molecule has 0 saturated carbocycles. The lowest BCUT2D eigenvalue weighted by Gasteiger charge is -2.01. The summed E-state index contributed by atoms with van der Waals surface area (Å²) in [5.41, 5.74) is 0. The molecule has 0 amide bonds. The van der Waals surface area contributed by atoms with Crippen molar-refractivity contribution in [1.29, 1.82) is 0 Å². The van der Waals surface area contributed by atoms with Crippen LogP contribution in [0.2, 0.25) is 0 Å². The summed E-state index contributed by atoms with van der Waals surface area (Å²) in [4.78, 5) is 0. The van der Waals surface area contributed by atoms with Gasteiger partial charge in [-0.1, -0.05) is 46.3 Å². The third-order valence-corrected chi connectivity index (χ3v) is 3.04. The first-order valence-electron chi connectivity index (χ1n) is 4.83. The highest BCUT2D eigenvalue weighted by Gasteiger charge is 1.98. The van der Waals surface area contributed by atoms with Gasteiger partial charge in [-0.05, 0) is 39.7 Å². The normalized spacial score (nSPS) is 11.0. The lowest BCUT2D eigenvalue weighted by Crippen LogP contribution is -1.76. The van der Waals surface area contributed by atoms with E-state index < -0.39 is 0 Å². The summed E-state index contributed by atoms with van der Waals surface area (Å²) in [5, 5.41) is 4.93. The smallest absolute Gasteiger partial charge is 0.0260 e. The number of hydrogen-bond acceptors (Lipinski definition) is 0. The van der Waals surface area contributed by atoms with Crippen LogP contribution in [0.3, 0.4) is 0 Å². The van der Waals surface area contributed by atoms with E-state index in [2.05, 4.69) is 64.5 Å². The van der Waals surface area contributed by atoms with E-state index in [1.807, 2.05) is 6.07 Å². The van der Waals surface area contributed by atoms with Crippen LogP contribution in [-0.4, -0.2) is 0 Å². The van der Waals surface area contributed by atoms with Crippen molar-refractivity contribution in [2.45, 2.75) is 0 Å². The Morgan fingerprint density at radius 1 is 0.800 bits per heavy atom. The summed E-state index contributed by atoms with van der Waals surface area (Å²) in [5.74, 6) is 0. The van der Waals surface area contributed by atoms with E-state index in [-0.39, 0.29) is 0 Å². The van der Waals surface area contributed by atoms with Crippen LogP contribution in [0.4, 0.5) is 0 Å². The van der Waals surface area contributed by atoms with Gasteiger partial charge in [-0.2, -0.15) is 0 Å². The maximum Gasteiger partial charge on any atom is 0.0260 e. The van der Waals surface area contributed by atoms with E-state index in [9.17, 15) is 0 Å². The summed E-state index contributed by atoms with van der Waals surface area (Å²) in [7, 11) is 0. The second kappa shape index (κ2) is 3.35. The molecule has 15 heavy (non-hydrogen) atoms. The van der Waals surface area contributed by atoms with Gasteiger partial charge in [-0.3, -0.25) is 0 Å². The Hall–Kier alpha value is -1.34. The Morgan fingerprint density at radius 2 is 1.53 bits per heavy atom. The van der Waals surface area contributed by atoms with Crippen molar-refractivity contribution in [1.82, 2.24) is 0 Å². The lowest BCUT2D eigenvalue weighted by atomic mass is 10.0. The third-order valence-electron chi connectivity index (χ3n) is 2.58. The zero-order valence-corrected chi connectivity index (χ0v) is 9.58. The minimum absolute atomic E-state index is 1.00. The molecule has 3 aromatic carbocycles. The number of fused-ring (bicyclic) bond motifs is 2. The summed E-state index contributed by atoms with van der Waals surface area (Å²) >= 11 is 3.44. The maximum absolute atomic E-state index is 3.44. The van der Waals surface area contributed by atoms with Crippen molar-refractivity contribution in [2.24, 2.45) is 0 Å². The predicted molar refractivity (Wildman–Crippen MR) is 68.0 cm³/mol. The highest BCUT2D eigenvalue weighted by Crippen LogP contribution is 2.24. The van der Waals surface area contributed by atoms with Crippen LogP contribution in [0.1, 0.15) is 0 Å². The van der Waals surface area contributed by atoms with Crippen molar-refractivity contribution in [3.8, 4) is 0 Å². The van der Waals surface area contributed by atoms with Gasteiger partial charge in [0.05, 0.1) is 0 Å². The summed E-state index contributed by atoms with van der Waals surface area (Å²) in [6, 6.07) is 20.2. The standard InChI is InChI=1S/C14H8Br/c15-14-6-5-12-7-10-3-1-2-4-11(10)8-13(12)9-14/h1-8H. The van der Waals surface area contributed by atoms with Gasteiger partial charge >= 0.3 is 0 Å². The summed E-state index contributed by atoms with van der Waals surface area (Å²) in [6.07, 6.45) is 0. The van der Waals surface area contributed by atoms with Crippen LogP contribution in [0.15, 0.2) is 53.0 Å². The fourth-order valence-corrected chi connectivity index (χ4v) is 2.18. The molecule has 0 nitrogen and oxygen atoms in total. The maximum atomic E-state index is 3.44. The molecule has 3 aromatic rings. The molecule has 0 spiro atoms. The Kier molecular flexibility index (Phi) is 2.00. The first-order chi connectivity index (χ1) is 7.33. The molecule has 0 aromatic heterocycles. The first kappa shape index (κ1) is 8.93. The zero-order valence-electron chi connectivity index (χ0n) is 8.00. The molecule has 0 aliphatic carbocycles. The molecule has 71 valence electrons. The van der Waals surface area contributed by atoms with Crippen LogP contribution < -0.4 is 0 Å². The van der Waals surface area contributed by atoms with E-state index >= 15 is 0 Å². The average Bonchev–Trinajstić information content (AvgIpc) is 2.26. The molecule has 0 saturated heterocycles. The van der Waals surface area contributed by atoms with Crippen LogP contribution in [0.25, 0.3) is 21.5 Å². The fraction of sp³-hybridized carbons (Fsp3) is 0. The average molecular weight is 256 g/mol. The monoisotopic (exact) mass is 255 g/mol. The first-order valence-corrected chi connectivity index (χ1v) is 5.62. The zero-order chi connectivity index (χ0) is 10.3. The van der Waals surface area contributed by atoms with E-state index in [1.165, 1.54) is 16.2 Å². The van der Waals surface area contributed by atoms with Gasteiger partial charge in [0, 0.05) is 10.5 Å². The minimum atomic E-state index is 1.00. The Balaban J connectivity index is 2.47. The van der Waals surface area contributed by atoms with E-state index in [0.717, 1.165) is 9.86 Å². The summed E-state index contributed by atoms with van der Waals surface area (Å²) in [6.45, 7) is 0. The molecule has 0 aliphatic heterocycles. The SMILES string of the molecule is Brc1[c]c2cc3ccccc3cc2cc1.